The Morgan fingerprint density at radius 2 is 2.06 bits per heavy atom. The molecule has 1 fully saturated rings. The summed E-state index contributed by atoms with van der Waals surface area (Å²) < 4.78 is 23.0. The van der Waals surface area contributed by atoms with E-state index in [9.17, 15) is 19.1 Å². The first-order valence-electron chi connectivity index (χ1n) is 11.6. The fraction of sp³-hybridized carbons (Fsp3) is 0.269. The van der Waals surface area contributed by atoms with Gasteiger partial charge in [-0.25, -0.2) is 14.2 Å². The summed E-state index contributed by atoms with van der Waals surface area (Å²) in [5, 5.41) is 10.9. The Bertz CT molecular complexity index is 1600. The molecule has 3 aromatic heterocycles. The van der Waals surface area contributed by atoms with Gasteiger partial charge in [-0.05, 0) is 43.2 Å². The number of fused-ring (bicyclic) bond motifs is 6. The van der Waals surface area contributed by atoms with Crippen molar-refractivity contribution in [2.45, 2.75) is 38.0 Å². The molecule has 10 heteroatoms. The third kappa shape index (κ3) is 3.53. The number of hydrogen-bond donors (Lipinski definition) is 1. The molecule has 0 saturated carbocycles. The molecule has 2 aliphatic heterocycles. The second-order valence-corrected chi connectivity index (χ2v) is 9.63. The van der Waals surface area contributed by atoms with Gasteiger partial charge in [-0.3, -0.25) is 14.3 Å². The maximum absolute atomic E-state index is 14.0. The van der Waals surface area contributed by atoms with Gasteiger partial charge in [-0.1, -0.05) is 17.7 Å². The highest BCUT2D eigenvalue weighted by atomic mass is 35.5. The smallest absolute Gasteiger partial charge is 0.408 e. The summed E-state index contributed by atoms with van der Waals surface area (Å²) in [5.41, 5.74) is 2.82. The van der Waals surface area contributed by atoms with Crippen LogP contribution in [-0.4, -0.2) is 36.3 Å². The first kappa shape index (κ1) is 22.6. The standard InChI is InChI=1S/C26H22ClFN4O4/c1-30-21-11-16-4-6-20(32(16)26(34)35)24(21)18-5-7-22(29-25(18)30)31-9-8-17(12-23(31)33)36-13-14-2-3-15(27)10-19(14)28/h2-3,5,7-10,12,16,20H,4,6,11,13H2,1H3,(H,34,35). The molecule has 2 bridgehead atoms. The van der Waals surface area contributed by atoms with Crippen LogP contribution in [0.1, 0.15) is 35.7 Å². The lowest BCUT2D eigenvalue weighted by Crippen LogP contribution is -2.41. The largest absolute Gasteiger partial charge is 0.489 e. The van der Waals surface area contributed by atoms with Crippen molar-refractivity contribution in [3.63, 3.8) is 0 Å². The maximum Gasteiger partial charge on any atom is 0.408 e. The Hall–Kier alpha value is -3.85. The SMILES string of the molecule is Cn1c2c(c3ccc(-n4ccc(OCc5ccc(Cl)cc5F)cc4=O)nc31)C1CCC(C2)N1C(=O)O. The Morgan fingerprint density at radius 1 is 1.22 bits per heavy atom. The topological polar surface area (TPSA) is 89.6 Å². The first-order valence-corrected chi connectivity index (χ1v) is 12.0. The number of rotatable bonds is 4. The molecule has 8 nitrogen and oxygen atoms in total. The van der Waals surface area contributed by atoms with Gasteiger partial charge in [-0.15, -0.1) is 0 Å². The van der Waals surface area contributed by atoms with Gasteiger partial charge in [-0.2, -0.15) is 0 Å². The molecule has 2 atom stereocenters. The molecule has 1 aromatic carbocycles. The number of amides is 1. The summed E-state index contributed by atoms with van der Waals surface area (Å²) in [6.45, 7) is -0.0406. The van der Waals surface area contributed by atoms with Crippen LogP contribution in [0.2, 0.25) is 5.02 Å². The van der Waals surface area contributed by atoms with Crippen LogP contribution in [-0.2, 0) is 20.1 Å². The van der Waals surface area contributed by atoms with E-state index in [0.717, 1.165) is 29.5 Å². The van der Waals surface area contributed by atoms with Crippen LogP contribution in [0, 0.1) is 5.82 Å². The molecular formula is C26H22ClFN4O4. The molecule has 0 aliphatic carbocycles. The molecule has 1 N–H and O–H groups in total. The average Bonchev–Trinajstić information content (AvgIpc) is 3.31. The van der Waals surface area contributed by atoms with Crippen molar-refractivity contribution in [1.82, 2.24) is 19.0 Å². The number of benzene rings is 1. The Morgan fingerprint density at radius 3 is 2.81 bits per heavy atom. The second kappa shape index (κ2) is 8.37. The van der Waals surface area contributed by atoms with Crippen molar-refractivity contribution in [3.8, 4) is 11.6 Å². The Kier molecular flexibility index (Phi) is 5.26. The zero-order valence-corrected chi connectivity index (χ0v) is 20.1. The molecule has 184 valence electrons. The van der Waals surface area contributed by atoms with Gasteiger partial charge in [0.25, 0.3) is 5.56 Å². The minimum absolute atomic E-state index is 0.0148. The zero-order chi connectivity index (χ0) is 25.1. The maximum atomic E-state index is 14.0. The molecule has 36 heavy (non-hydrogen) atoms. The molecule has 2 unspecified atom stereocenters. The van der Waals surface area contributed by atoms with E-state index in [1.54, 1.807) is 35.4 Å². The molecule has 5 heterocycles. The number of hydrogen-bond acceptors (Lipinski definition) is 4. The monoisotopic (exact) mass is 508 g/mol. The van der Waals surface area contributed by atoms with Crippen molar-refractivity contribution < 1.29 is 19.0 Å². The number of carboxylic acid groups (broad SMARTS) is 1. The predicted octanol–water partition coefficient (Wildman–Crippen LogP) is 4.84. The van der Waals surface area contributed by atoms with Crippen molar-refractivity contribution in [2.75, 3.05) is 0 Å². The highest BCUT2D eigenvalue weighted by molar-refractivity contribution is 6.30. The van der Waals surface area contributed by atoms with Gasteiger partial charge in [0.1, 0.15) is 29.6 Å². The van der Waals surface area contributed by atoms with Gasteiger partial charge >= 0.3 is 6.09 Å². The molecule has 2 aliphatic rings. The molecule has 1 saturated heterocycles. The van der Waals surface area contributed by atoms with E-state index in [1.165, 1.54) is 16.7 Å². The summed E-state index contributed by atoms with van der Waals surface area (Å²) in [4.78, 5) is 31.1. The first-order chi connectivity index (χ1) is 17.3. The lowest BCUT2D eigenvalue weighted by Gasteiger charge is -2.33. The summed E-state index contributed by atoms with van der Waals surface area (Å²) >= 11 is 5.78. The van der Waals surface area contributed by atoms with E-state index in [0.29, 0.717) is 34.2 Å². The van der Waals surface area contributed by atoms with E-state index in [-0.39, 0.29) is 24.2 Å². The van der Waals surface area contributed by atoms with Gasteiger partial charge < -0.3 is 14.4 Å². The van der Waals surface area contributed by atoms with E-state index in [2.05, 4.69) is 0 Å². The summed E-state index contributed by atoms with van der Waals surface area (Å²) in [6.07, 6.45) is 2.99. The number of ether oxygens (including phenoxy) is 1. The van der Waals surface area contributed by atoms with Crippen LogP contribution in [0.5, 0.6) is 5.75 Å². The van der Waals surface area contributed by atoms with Crippen LogP contribution in [0.4, 0.5) is 9.18 Å². The number of nitrogens with zero attached hydrogens (tertiary/aromatic N) is 4. The third-order valence-corrected chi connectivity index (χ3v) is 7.45. The van der Waals surface area contributed by atoms with Crippen molar-refractivity contribution in [1.29, 1.82) is 0 Å². The van der Waals surface area contributed by atoms with E-state index in [1.807, 2.05) is 17.7 Å². The van der Waals surface area contributed by atoms with Crippen LogP contribution >= 0.6 is 11.6 Å². The molecule has 0 spiro atoms. The van der Waals surface area contributed by atoms with Crippen LogP contribution < -0.4 is 10.3 Å². The van der Waals surface area contributed by atoms with E-state index in [4.69, 9.17) is 21.3 Å². The normalized spacial score (nSPS) is 18.5. The summed E-state index contributed by atoms with van der Waals surface area (Å²) in [5.74, 6) is 0.282. The van der Waals surface area contributed by atoms with E-state index >= 15 is 0 Å². The molecular weight excluding hydrogens is 487 g/mol. The summed E-state index contributed by atoms with van der Waals surface area (Å²) in [7, 11) is 1.93. The summed E-state index contributed by atoms with van der Waals surface area (Å²) in [6, 6.07) is 10.8. The van der Waals surface area contributed by atoms with Gasteiger partial charge in [0, 0.05) is 59.0 Å². The number of aromatic nitrogens is 3. The lowest BCUT2D eigenvalue weighted by atomic mass is 9.98. The quantitative estimate of drug-likeness (QED) is 0.426. The minimum Gasteiger partial charge on any atom is -0.489 e. The molecule has 1 amide bonds. The molecule has 4 aromatic rings. The number of pyridine rings is 2. The Balaban J connectivity index is 1.31. The molecule has 0 radical (unpaired) electrons. The Labute approximate surface area is 210 Å². The van der Waals surface area contributed by atoms with Crippen molar-refractivity contribution in [2.24, 2.45) is 7.05 Å². The number of halogens is 2. The minimum atomic E-state index is -0.887. The fourth-order valence-electron chi connectivity index (χ4n) is 5.54. The van der Waals surface area contributed by atoms with Crippen LogP contribution in [0.25, 0.3) is 16.9 Å². The highest BCUT2D eigenvalue weighted by Gasteiger charge is 2.45. The molecule has 6 rings (SSSR count). The average molecular weight is 509 g/mol. The fourth-order valence-corrected chi connectivity index (χ4v) is 5.70. The third-order valence-electron chi connectivity index (χ3n) is 7.22. The number of aryl methyl sites for hydroxylation is 1. The van der Waals surface area contributed by atoms with Crippen LogP contribution in [0.15, 0.2) is 53.5 Å². The van der Waals surface area contributed by atoms with Crippen molar-refractivity contribution >= 4 is 28.7 Å². The highest BCUT2D eigenvalue weighted by Crippen LogP contribution is 2.47. The van der Waals surface area contributed by atoms with Crippen LogP contribution in [0.3, 0.4) is 0 Å². The second-order valence-electron chi connectivity index (χ2n) is 9.20. The van der Waals surface area contributed by atoms with Gasteiger partial charge in [0.2, 0.25) is 0 Å². The van der Waals surface area contributed by atoms with Gasteiger partial charge in [0.15, 0.2) is 0 Å². The predicted molar refractivity (Wildman–Crippen MR) is 131 cm³/mol. The van der Waals surface area contributed by atoms with Gasteiger partial charge in [0.05, 0.1) is 6.04 Å². The lowest BCUT2D eigenvalue weighted by molar-refractivity contribution is 0.116. The van der Waals surface area contributed by atoms with Crippen molar-refractivity contribution in [3.05, 3.63) is 86.7 Å². The van der Waals surface area contributed by atoms with E-state index < -0.39 is 11.9 Å². The zero-order valence-electron chi connectivity index (χ0n) is 19.3. The number of carbonyl (C=O) groups is 1.